The summed E-state index contributed by atoms with van der Waals surface area (Å²) in [4.78, 5) is 12.0. The van der Waals surface area contributed by atoms with Crippen molar-refractivity contribution in [2.75, 3.05) is 11.9 Å². The molecule has 0 saturated heterocycles. The lowest BCUT2D eigenvalue weighted by Gasteiger charge is -2.11. The summed E-state index contributed by atoms with van der Waals surface area (Å²) < 4.78 is 5.45. The number of rotatable bonds is 6. The molecule has 1 amide bonds. The average Bonchev–Trinajstić information content (AvgIpc) is 2.55. The molecule has 2 N–H and O–H groups in total. The summed E-state index contributed by atoms with van der Waals surface area (Å²) in [5.74, 6) is 0.490. The molecule has 0 aromatic heterocycles. The number of ether oxygens (including phenoxy) is 1. The van der Waals surface area contributed by atoms with E-state index in [0.717, 1.165) is 11.3 Å². The van der Waals surface area contributed by atoms with Crippen LogP contribution in [0, 0.1) is 0 Å². The molecule has 0 aliphatic rings. The number of anilines is 1. The zero-order chi connectivity index (χ0) is 17.4. The summed E-state index contributed by atoms with van der Waals surface area (Å²) in [6, 6.07) is 14.4. The number of hydrogen-bond acceptors (Lipinski definition) is 3. The monoisotopic (exact) mass is 360 g/mol. The Morgan fingerprint density at radius 1 is 1.25 bits per heavy atom. The molecule has 0 aliphatic heterocycles. The van der Waals surface area contributed by atoms with Gasteiger partial charge in [0.25, 0.3) is 0 Å². The Bertz CT molecular complexity index is 732. The Hall–Kier alpha value is -2.37. The summed E-state index contributed by atoms with van der Waals surface area (Å²) in [6.45, 7) is 4.02. The van der Waals surface area contributed by atoms with Crippen LogP contribution >= 0.6 is 23.8 Å². The number of thiocarbonyl (C=S) groups is 1. The number of benzene rings is 2. The highest BCUT2D eigenvalue weighted by molar-refractivity contribution is 7.80. The minimum Gasteiger partial charge on any atom is -0.489 e. The summed E-state index contributed by atoms with van der Waals surface area (Å²) in [7, 11) is 0. The van der Waals surface area contributed by atoms with E-state index in [0.29, 0.717) is 17.4 Å². The summed E-state index contributed by atoms with van der Waals surface area (Å²) in [5.41, 5.74) is 1.59. The Labute approximate surface area is 151 Å². The van der Waals surface area contributed by atoms with E-state index in [1.165, 1.54) is 0 Å². The van der Waals surface area contributed by atoms with Gasteiger partial charge < -0.3 is 15.4 Å². The van der Waals surface area contributed by atoms with Crippen molar-refractivity contribution in [2.45, 2.75) is 6.42 Å². The number of nitrogens with one attached hydrogen (secondary N) is 2. The van der Waals surface area contributed by atoms with Crippen LogP contribution in [-0.4, -0.2) is 17.6 Å². The Balaban J connectivity index is 1.87. The van der Waals surface area contributed by atoms with Crippen LogP contribution in [0.5, 0.6) is 5.75 Å². The van der Waals surface area contributed by atoms with Crippen LogP contribution in [0.25, 0.3) is 0 Å². The lowest BCUT2D eigenvalue weighted by Crippen LogP contribution is -2.35. The quantitative estimate of drug-likeness (QED) is 0.604. The molecule has 2 aromatic rings. The van der Waals surface area contributed by atoms with Crippen molar-refractivity contribution in [2.24, 2.45) is 0 Å². The lowest BCUT2D eigenvalue weighted by atomic mass is 10.1. The molecule has 0 unspecified atom stereocenters. The zero-order valence-corrected chi connectivity index (χ0v) is 14.5. The van der Waals surface area contributed by atoms with Gasteiger partial charge >= 0.3 is 0 Å². The molecular formula is C18H17ClN2O2S. The van der Waals surface area contributed by atoms with Crippen molar-refractivity contribution in [1.82, 2.24) is 5.32 Å². The molecule has 0 atom stereocenters. The fourth-order valence-corrected chi connectivity index (χ4v) is 2.30. The number of amides is 1. The highest BCUT2D eigenvalue weighted by Gasteiger charge is 2.07. The maximum absolute atomic E-state index is 12.0. The normalized spacial score (nSPS) is 9.88. The first-order valence-electron chi connectivity index (χ1n) is 7.26. The summed E-state index contributed by atoms with van der Waals surface area (Å²) in [6.07, 6.45) is 1.89. The third kappa shape index (κ3) is 6.02. The van der Waals surface area contributed by atoms with Gasteiger partial charge in [0.1, 0.15) is 12.4 Å². The molecule has 6 heteroatoms. The molecule has 0 heterocycles. The molecule has 0 bridgehead atoms. The van der Waals surface area contributed by atoms with E-state index in [9.17, 15) is 4.79 Å². The molecule has 2 aromatic carbocycles. The largest absolute Gasteiger partial charge is 0.489 e. The van der Waals surface area contributed by atoms with E-state index in [4.69, 9.17) is 28.6 Å². The molecule has 24 heavy (non-hydrogen) atoms. The second kappa shape index (κ2) is 9.05. The minimum absolute atomic E-state index is 0.200. The van der Waals surface area contributed by atoms with E-state index < -0.39 is 0 Å². The van der Waals surface area contributed by atoms with Gasteiger partial charge in [-0.1, -0.05) is 42.5 Å². The first-order valence-corrected chi connectivity index (χ1v) is 8.04. The van der Waals surface area contributed by atoms with E-state index in [1.807, 2.05) is 18.2 Å². The SMILES string of the molecule is C=CCOc1cccc(NC(=S)NC(=O)Cc2ccc(Cl)cc2)c1. The summed E-state index contributed by atoms with van der Waals surface area (Å²) in [5, 5.41) is 6.47. The second-order valence-electron chi connectivity index (χ2n) is 4.93. The molecule has 0 spiro atoms. The van der Waals surface area contributed by atoms with Crippen molar-refractivity contribution < 1.29 is 9.53 Å². The van der Waals surface area contributed by atoms with E-state index in [-0.39, 0.29) is 17.4 Å². The maximum atomic E-state index is 12.0. The van der Waals surface area contributed by atoms with Crippen LogP contribution < -0.4 is 15.4 Å². The van der Waals surface area contributed by atoms with Gasteiger partial charge in [0.05, 0.1) is 6.42 Å². The molecule has 124 valence electrons. The predicted molar refractivity (Wildman–Crippen MR) is 102 cm³/mol. The second-order valence-corrected chi connectivity index (χ2v) is 5.78. The first-order chi connectivity index (χ1) is 11.6. The van der Waals surface area contributed by atoms with Gasteiger partial charge in [-0.05, 0) is 42.0 Å². The van der Waals surface area contributed by atoms with Crippen molar-refractivity contribution in [3.63, 3.8) is 0 Å². The number of carbonyl (C=O) groups is 1. The average molecular weight is 361 g/mol. The predicted octanol–water partition coefficient (Wildman–Crippen LogP) is 3.96. The molecule has 0 saturated carbocycles. The van der Waals surface area contributed by atoms with Crippen LogP contribution in [0.3, 0.4) is 0 Å². The standard InChI is InChI=1S/C18H17ClN2O2S/c1-2-10-23-16-5-3-4-15(12-16)20-18(24)21-17(22)11-13-6-8-14(19)9-7-13/h2-9,12H,1,10-11H2,(H2,20,21,22,24). The smallest absolute Gasteiger partial charge is 0.230 e. The van der Waals surface area contributed by atoms with Gasteiger partial charge in [0.15, 0.2) is 5.11 Å². The Morgan fingerprint density at radius 3 is 2.71 bits per heavy atom. The highest BCUT2D eigenvalue weighted by Crippen LogP contribution is 2.17. The highest BCUT2D eigenvalue weighted by atomic mass is 35.5. The Kier molecular flexibility index (Phi) is 6.78. The molecule has 0 radical (unpaired) electrons. The van der Waals surface area contributed by atoms with Gasteiger partial charge in [-0.25, -0.2) is 0 Å². The third-order valence-electron chi connectivity index (χ3n) is 2.99. The zero-order valence-electron chi connectivity index (χ0n) is 12.9. The van der Waals surface area contributed by atoms with Crippen LogP contribution in [0.1, 0.15) is 5.56 Å². The lowest BCUT2D eigenvalue weighted by molar-refractivity contribution is -0.119. The molecule has 0 fully saturated rings. The molecule has 0 aliphatic carbocycles. The van der Waals surface area contributed by atoms with Crippen molar-refractivity contribution in [3.05, 3.63) is 71.8 Å². The van der Waals surface area contributed by atoms with Gasteiger partial charge in [-0.2, -0.15) is 0 Å². The third-order valence-corrected chi connectivity index (χ3v) is 3.45. The fraction of sp³-hybridized carbons (Fsp3) is 0.111. The van der Waals surface area contributed by atoms with Gasteiger partial charge in [-0.3, -0.25) is 4.79 Å². The van der Waals surface area contributed by atoms with Crippen LogP contribution in [0.2, 0.25) is 5.02 Å². The Morgan fingerprint density at radius 2 is 2.00 bits per heavy atom. The first kappa shape index (κ1) is 18.0. The van der Waals surface area contributed by atoms with Crippen LogP contribution in [0.4, 0.5) is 5.69 Å². The minimum atomic E-state index is -0.200. The van der Waals surface area contributed by atoms with Gasteiger partial charge in [-0.15, -0.1) is 0 Å². The van der Waals surface area contributed by atoms with Crippen molar-refractivity contribution in [3.8, 4) is 5.75 Å². The van der Waals surface area contributed by atoms with Crippen molar-refractivity contribution >= 4 is 40.5 Å². The maximum Gasteiger partial charge on any atom is 0.230 e. The molecule has 2 rings (SSSR count). The fourth-order valence-electron chi connectivity index (χ4n) is 1.94. The molecule has 4 nitrogen and oxygen atoms in total. The van der Waals surface area contributed by atoms with Crippen LogP contribution in [0.15, 0.2) is 61.2 Å². The number of hydrogen-bond donors (Lipinski definition) is 2. The van der Waals surface area contributed by atoms with E-state index in [2.05, 4.69) is 17.2 Å². The number of carbonyl (C=O) groups excluding carboxylic acids is 1. The van der Waals surface area contributed by atoms with E-state index >= 15 is 0 Å². The number of halogens is 1. The topological polar surface area (TPSA) is 50.4 Å². The molecular weight excluding hydrogens is 344 g/mol. The van der Waals surface area contributed by atoms with Crippen LogP contribution in [-0.2, 0) is 11.2 Å². The van der Waals surface area contributed by atoms with Gasteiger partial charge in [0.2, 0.25) is 5.91 Å². The van der Waals surface area contributed by atoms with Gasteiger partial charge in [0, 0.05) is 16.8 Å². The van der Waals surface area contributed by atoms with Crippen molar-refractivity contribution in [1.29, 1.82) is 0 Å². The summed E-state index contributed by atoms with van der Waals surface area (Å²) >= 11 is 11.0. The van der Waals surface area contributed by atoms with E-state index in [1.54, 1.807) is 36.4 Å².